The van der Waals surface area contributed by atoms with Crippen molar-refractivity contribution in [3.8, 4) is 0 Å². The molecule has 1 aliphatic heterocycles. The van der Waals surface area contributed by atoms with Crippen molar-refractivity contribution in [2.45, 2.75) is 39.7 Å². The number of hydrogen-bond acceptors (Lipinski definition) is 2. The number of anilines is 1. The lowest BCUT2D eigenvalue weighted by molar-refractivity contribution is 0.101. The van der Waals surface area contributed by atoms with Crippen LogP contribution in [0.25, 0.3) is 0 Å². The van der Waals surface area contributed by atoms with E-state index in [-0.39, 0.29) is 5.78 Å². The van der Waals surface area contributed by atoms with Gasteiger partial charge in [-0.15, -0.1) is 0 Å². The lowest BCUT2D eigenvalue weighted by atomic mass is 9.93. The Balaban J connectivity index is 2.26. The molecule has 0 radical (unpaired) electrons. The Labute approximate surface area is 114 Å². The van der Waals surface area contributed by atoms with E-state index < -0.39 is 0 Å². The molecule has 98 valence electrons. The first-order chi connectivity index (χ1) is 8.49. The number of ketones is 1. The van der Waals surface area contributed by atoms with Crippen molar-refractivity contribution in [3.63, 3.8) is 0 Å². The Bertz CT molecular complexity index is 458. The molecule has 1 saturated heterocycles. The molecule has 2 rings (SSSR count). The number of rotatable bonds is 2. The predicted molar refractivity (Wildman–Crippen MR) is 76.7 cm³/mol. The summed E-state index contributed by atoms with van der Waals surface area (Å²) in [4.78, 5) is 13.7. The normalized spacial score (nSPS) is 24.1. The summed E-state index contributed by atoms with van der Waals surface area (Å²) in [6.45, 7) is 7.15. The van der Waals surface area contributed by atoms with Gasteiger partial charge in [-0.05, 0) is 50.8 Å². The van der Waals surface area contributed by atoms with Crippen LogP contribution in [0.3, 0.4) is 0 Å². The van der Waals surface area contributed by atoms with Crippen molar-refractivity contribution < 1.29 is 4.79 Å². The lowest BCUT2D eigenvalue weighted by Gasteiger charge is -2.38. The van der Waals surface area contributed by atoms with Crippen LogP contribution in [0.1, 0.15) is 44.0 Å². The fourth-order valence-electron chi connectivity index (χ4n) is 2.72. The van der Waals surface area contributed by atoms with Gasteiger partial charge in [-0.25, -0.2) is 0 Å². The highest BCUT2D eigenvalue weighted by Gasteiger charge is 2.24. The topological polar surface area (TPSA) is 20.3 Å². The molecular formula is C15H20ClNO. The Morgan fingerprint density at radius 1 is 1.39 bits per heavy atom. The molecular weight excluding hydrogens is 246 g/mol. The highest BCUT2D eigenvalue weighted by atomic mass is 35.5. The second-order valence-corrected chi connectivity index (χ2v) is 5.80. The van der Waals surface area contributed by atoms with Crippen LogP contribution in [0.15, 0.2) is 18.2 Å². The molecule has 1 aromatic rings. The quantitative estimate of drug-likeness (QED) is 0.748. The first-order valence-corrected chi connectivity index (χ1v) is 6.94. The van der Waals surface area contributed by atoms with Gasteiger partial charge in [0.25, 0.3) is 0 Å². The Hall–Kier alpha value is -1.02. The monoisotopic (exact) mass is 265 g/mol. The summed E-state index contributed by atoms with van der Waals surface area (Å²) in [7, 11) is 0. The van der Waals surface area contributed by atoms with Crippen LogP contribution in [0.5, 0.6) is 0 Å². The van der Waals surface area contributed by atoms with Gasteiger partial charge in [0.2, 0.25) is 0 Å². The largest absolute Gasteiger partial charge is 0.368 e. The average molecular weight is 266 g/mol. The van der Waals surface area contributed by atoms with E-state index in [1.807, 2.05) is 12.1 Å². The van der Waals surface area contributed by atoms with Gasteiger partial charge in [0.1, 0.15) is 0 Å². The molecule has 0 aromatic heterocycles. The van der Waals surface area contributed by atoms with Crippen LogP contribution in [0.2, 0.25) is 5.02 Å². The van der Waals surface area contributed by atoms with Gasteiger partial charge < -0.3 is 4.90 Å². The SMILES string of the molecule is CC(=O)c1ccc(N2CCC(C)CC2C)c(Cl)c1. The summed E-state index contributed by atoms with van der Waals surface area (Å²) in [5.74, 6) is 0.843. The standard InChI is InChI=1S/C15H20ClNO/c1-10-6-7-17(11(2)8-10)15-5-4-13(12(3)18)9-14(15)16/h4-5,9-11H,6-8H2,1-3H3. The summed E-state index contributed by atoms with van der Waals surface area (Å²) in [6.07, 6.45) is 2.40. The zero-order valence-electron chi connectivity index (χ0n) is 11.2. The number of benzene rings is 1. The Kier molecular flexibility index (Phi) is 3.96. The fraction of sp³-hybridized carbons (Fsp3) is 0.533. The van der Waals surface area contributed by atoms with Crippen molar-refractivity contribution in [2.75, 3.05) is 11.4 Å². The molecule has 0 bridgehead atoms. The third kappa shape index (κ3) is 2.69. The van der Waals surface area contributed by atoms with Crippen molar-refractivity contribution in [1.29, 1.82) is 0 Å². The van der Waals surface area contributed by atoms with Gasteiger partial charge in [-0.3, -0.25) is 4.79 Å². The summed E-state index contributed by atoms with van der Waals surface area (Å²) in [6, 6.07) is 6.14. The van der Waals surface area contributed by atoms with Crippen molar-refractivity contribution >= 4 is 23.1 Å². The molecule has 1 heterocycles. The predicted octanol–water partition coefficient (Wildman–Crippen LogP) is 4.17. The first-order valence-electron chi connectivity index (χ1n) is 6.56. The molecule has 1 aliphatic rings. The van der Waals surface area contributed by atoms with E-state index in [4.69, 9.17) is 11.6 Å². The number of carbonyl (C=O) groups excluding carboxylic acids is 1. The number of carbonyl (C=O) groups is 1. The van der Waals surface area contributed by atoms with E-state index in [0.717, 1.165) is 18.2 Å². The Morgan fingerprint density at radius 2 is 2.11 bits per heavy atom. The number of nitrogens with zero attached hydrogens (tertiary/aromatic N) is 1. The third-order valence-electron chi connectivity index (χ3n) is 3.80. The molecule has 0 amide bonds. The highest BCUT2D eigenvalue weighted by molar-refractivity contribution is 6.33. The molecule has 0 saturated carbocycles. The molecule has 3 heteroatoms. The van der Waals surface area contributed by atoms with Gasteiger partial charge in [-0.1, -0.05) is 18.5 Å². The van der Waals surface area contributed by atoms with Gasteiger partial charge in [0.15, 0.2) is 5.78 Å². The maximum Gasteiger partial charge on any atom is 0.159 e. The average Bonchev–Trinajstić information content (AvgIpc) is 2.30. The summed E-state index contributed by atoms with van der Waals surface area (Å²) in [5, 5.41) is 0.684. The first kappa shape index (κ1) is 13.4. The van der Waals surface area contributed by atoms with E-state index in [0.29, 0.717) is 16.6 Å². The van der Waals surface area contributed by atoms with Gasteiger partial charge in [0, 0.05) is 18.2 Å². The smallest absolute Gasteiger partial charge is 0.159 e. The number of hydrogen-bond donors (Lipinski definition) is 0. The van der Waals surface area contributed by atoms with Crippen LogP contribution < -0.4 is 4.90 Å². The highest BCUT2D eigenvalue weighted by Crippen LogP contribution is 2.33. The van der Waals surface area contributed by atoms with Gasteiger partial charge in [0.05, 0.1) is 10.7 Å². The molecule has 1 fully saturated rings. The third-order valence-corrected chi connectivity index (χ3v) is 4.10. The maximum atomic E-state index is 11.3. The summed E-state index contributed by atoms with van der Waals surface area (Å²) < 4.78 is 0. The van der Waals surface area contributed by atoms with Crippen LogP contribution >= 0.6 is 11.6 Å². The van der Waals surface area contributed by atoms with E-state index in [9.17, 15) is 4.79 Å². The summed E-state index contributed by atoms with van der Waals surface area (Å²) >= 11 is 6.31. The van der Waals surface area contributed by atoms with Gasteiger partial charge in [-0.2, -0.15) is 0 Å². The minimum absolute atomic E-state index is 0.0590. The van der Waals surface area contributed by atoms with Crippen LogP contribution in [0, 0.1) is 5.92 Å². The molecule has 1 aromatic carbocycles. The zero-order chi connectivity index (χ0) is 13.3. The number of piperidine rings is 1. The minimum Gasteiger partial charge on any atom is -0.368 e. The van der Waals surface area contributed by atoms with E-state index in [1.165, 1.54) is 12.8 Å². The van der Waals surface area contributed by atoms with Crippen LogP contribution in [-0.2, 0) is 0 Å². The van der Waals surface area contributed by atoms with Crippen LogP contribution in [0.4, 0.5) is 5.69 Å². The van der Waals surface area contributed by atoms with Gasteiger partial charge >= 0.3 is 0 Å². The van der Waals surface area contributed by atoms with Crippen molar-refractivity contribution in [2.24, 2.45) is 5.92 Å². The van der Waals surface area contributed by atoms with E-state index in [1.54, 1.807) is 13.0 Å². The number of Topliss-reactive ketones (excluding diaryl/α,β-unsaturated/α-hetero) is 1. The lowest BCUT2D eigenvalue weighted by Crippen LogP contribution is -2.40. The second-order valence-electron chi connectivity index (χ2n) is 5.39. The minimum atomic E-state index is 0.0590. The Morgan fingerprint density at radius 3 is 2.67 bits per heavy atom. The summed E-state index contributed by atoms with van der Waals surface area (Å²) in [5.41, 5.74) is 1.74. The molecule has 0 aliphatic carbocycles. The molecule has 0 spiro atoms. The van der Waals surface area contributed by atoms with Crippen molar-refractivity contribution in [3.05, 3.63) is 28.8 Å². The van der Waals surface area contributed by atoms with Crippen LogP contribution in [-0.4, -0.2) is 18.4 Å². The fourth-order valence-corrected chi connectivity index (χ4v) is 3.01. The van der Waals surface area contributed by atoms with E-state index >= 15 is 0 Å². The maximum absolute atomic E-state index is 11.3. The molecule has 0 N–H and O–H groups in total. The molecule has 2 unspecified atom stereocenters. The number of halogens is 1. The second kappa shape index (κ2) is 5.31. The zero-order valence-corrected chi connectivity index (χ0v) is 12.0. The molecule has 2 atom stereocenters. The molecule has 18 heavy (non-hydrogen) atoms. The molecule has 2 nitrogen and oxygen atoms in total. The van der Waals surface area contributed by atoms with E-state index in [2.05, 4.69) is 18.7 Å². The van der Waals surface area contributed by atoms with Crippen molar-refractivity contribution in [1.82, 2.24) is 0 Å².